The van der Waals surface area contributed by atoms with Gasteiger partial charge < -0.3 is 14.8 Å². The van der Waals surface area contributed by atoms with E-state index in [-0.39, 0.29) is 12.0 Å². The van der Waals surface area contributed by atoms with Gasteiger partial charge in [0.25, 0.3) is 5.91 Å². The summed E-state index contributed by atoms with van der Waals surface area (Å²) in [6, 6.07) is 15.1. The lowest BCUT2D eigenvalue weighted by Crippen LogP contribution is -2.16. The topological polar surface area (TPSA) is 47.6 Å². The van der Waals surface area contributed by atoms with Crippen LogP contribution in [0.3, 0.4) is 0 Å². The van der Waals surface area contributed by atoms with Crippen LogP contribution in [-0.2, 0) is 4.74 Å². The number of carbonyl (C=O) groups excluding carboxylic acids is 1. The van der Waals surface area contributed by atoms with Crippen molar-refractivity contribution in [3.63, 3.8) is 0 Å². The van der Waals surface area contributed by atoms with Gasteiger partial charge in [0.1, 0.15) is 12.4 Å². The van der Waals surface area contributed by atoms with Crippen molar-refractivity contribution in [2.45, 2.75) is 38.7 Å². The Morgan fingerprint density at radius 2 is 1.96 bits per heavy atom. The lowest BCUT2D eigenvalue weighted by molar-refractivity contribution is 0.0679. The van der Waals surface area contributed by atoms with Crippen LogP contribution in [0.1, 0.15) is 48.5 Å². The highest BCUT2D eigenvalue weighted by Gasteiger charge is 2.16. The molecule has 2 aromatic carbocycles. The highest BCUT2D eigenvalue weighted by molar-refractivity contribution is 6.04. The molecule has 132 valence electrons. The second-order valence-corrected chi connectivity index (χ2v) is 6.67. The monoisotopic (exact) mass is 339 g/mol. The zero-order valence-corrected chi connectivity index (χ0v) is 14.8. The maximum absolute atomic E-state index is 12.5. The van der Waals surface area contributed by atoms with E-state index in [1.54, 1.807) is 12.1 Å². The Kier molecular flexibility index (Phi) is 5.71. The van der Waals surface area contributed by atoms with Gasteiger partial charge in [-0.2, -0.15) is 0 Å². The van der Waals surface area contributed by atoms with Crippen molar-refractivity contribution in [3.05, 3.63) is 59.7 Å². The standard InChI is InChI=1S/C21H25NO3/c1-15(2)19-7-3-4-8-20(19)22-21(23)16-9-11-17(12-10-16)25-14-18-6-5-13-24-18/h3-4,7-12,15,18H,5-6,13-14H2,1-2H3,(H,22,23). The lowest BCUT2D eigenvalue weighted by Gasteiger charge is -2.14. The van der Waals surface area contributed by atoms with Crippen LogP contribution in [0, 0.1) is 0 Å². The minimum Gasteiger partial charge on any atom is -0.491 e. The Hall–Kier alpha value is -2.33. The molecule has 3 rings (SSSR count). The Bertz CT molecular complexity index is 703. The molecule has 2 aromatic rings. The van der Waals surface area contributed by atoms with Crippen molar-refractivity contribution < 1.29 is 14.3 Å². The molecular formula is C21H25NO3. The summed E-state index contributed by atoms with van der Waals surface area (Å²) >= 11 is 0. The van der Waals surface area contributed by atoms with E-state index < -0.39 is 0 Å². The molecule has 1 aliphatic heterocycles. The summed E-state index contributed by atoms with van der Waals surface area (Å²) in [5.74, 6) is 0.999. The molecule has 1 unspecified atom stereocenters. The number of para-hydroxylation sites is 1. The van der Waals surface area contributed by atoms with E-state index >= 15 is 0 Å². The number of amides is 1. The van der Waals surface area contributed by atoms with E-state index in [1.165, 1.54) is 0 Å². The van der Waals surface area contributed by atoms with Gasteiger partial charge in [0.05, 0.1) is 6.10 Å². The first-order valence-corrected chi connectivity index (χ1v) is 8.88. The fraction of sp³-hybridized carbons (Fsp3) is 0.381. The Balaban J connectivity index is 1.61. The first-order valence-electron chi connectivity index (χ1n) is 8.88. The van der Waals surface area contributed by atoms with Gasteiger partial charge in [0, 0.05) is 17.9 Å². The van der Waals surface area contributed by atoms with E-state index in [2.05, 4.69) is 19.2 Å². The number of carbonyl (C=O) groups is 1. The summed E-state index contributed by atoms with van der Waals surface area (Å²) < 4.78 is 11.3. The molecule has 0 spiro atoms. The minimum absolute atomic E-state index is 0.112. The highest BCUT2D eigenvalue weighted by atomic mass is 16.5. The quantitative estimate of drug-likeness (QED) is 0.835. The molecular weight excluding hydrogens is 314 g/mol. The normalized spacial score (nSPS) is 16.8. The van der Waals surface area contributed by atoms with Gasteiger partial charge in [-0.3, -0.25) is 4.79 Å². The SMILES string of the molecule is CC(C)c1ccccc1NC(=O)c1ccc(OCC2CCCO2)cc1. The molecule has 1 amide bonds. The van der Waals surface area contributed by atoms with E-state index in [0.29, 0.717) is 18.1 Å². The van der Waals surface area contributed by atoms with Crippen LogP contribution in [0.4, 0.5) is 5.69 Å². The molecule has 4 heteroatoms. The molecule has 0 aromatic heterocycles. The molecule has 1 N–H and O–H groups in total. The average Bonchev–Trinajstić information content (AvgIpc) is 3.14. The fourth-order valence-corrected chi connectivity index (χ4v) is 2.98. The second kappa shape index (κ2) is 8.17. The number of benzene rings is 2. The summed E-state index contributed by atoms with van der Waals surface area (Å²) in [5.41, 5.74) is 2.61. The minimum atomic E-state index is -0.112. The third-order valence-corrected chi connectivity index (χ3v) is 4.41. The zero-order chi connectivity index (χ0) is 17.6. The number of anilines is 1. The molecule has 1 fully saturated rings. The van der Waals surface area contributed by atoms with Crippen molar-refractivity contribution in [2.75, 3.05) is 18.5 Å². The molecule has 0 radical (unpaired) electrons. The molecule has 0 bridgehead atoms. The number of rotatable bonds is 6. The highest BCUT2D eigenvalue weighted by Crippen LogP contribution is 2.24. The smallest absolute Gasteiger partial charge is 0.255 e. The molecule has 1 saturated heterocycles. The summed E-state index contributed by atoms with van der Waals surface area (Å²) in [6.07, 6.45) is 2.34. The number of nitrogens with one attached hydrogen (secondary N) is 1. The van der Waals surface area contributed by atoms with Crippen molar-refractivity contribution in [1.29, 1.82) is 0 Å². The van der Waals surface area contributed by atoms with Crippen LogP contribution in [-0.4, -0.2) is 25.2 Å². The Morgan fingerprint density at radius 3 is 2.64 bits per heavy atom. The first kappa shape index (κ1) is 17.5. The molecule has 1 heterocycles. The van der Waals surface area contributed by atoms with Gasteiger partial charge >= 0.3 is 0 Å². The summed E-state index contributed by atoms with van der Waals surface area (Å²) in [4.78, 5) is 12.5. The van der Waals surface area contributed by atoms with Gasteiger partial charge in [-0.25, -0.2) is 0 Å². The van der Waals surface area contributed by atoms with Crippen LogP contribution < -0.4 is 10.1 Å². The first-order chi connectivity index (χ1) is 12.1. The van der Waals surface area contributed by atoms with Crippen LogP contribution in [0.25, 0.3) is 0 Å². The molecule has 1 aliphatic rings. The Labute approximate surface area is 149 Å². The van der Waals surface area contributed by atoms with Crippen molar-refractivity contribution in [3.8, 4) is 5.75 Å². The van der Waals surface area contributed by atoms with Crippen molar-refractivity contribution in [2.24, 2.45) is 0 Å². The summed E-state index contributed by atoms with van der Waals surface area (Å²) in [7, 11) is 0. The van der Waals surface area contributed by atoms with Gasteiger partial charge in [0.15, 0.2) is 0 Å². The van der Waals surface area contributed by atoms with E-state index in [9.17, 15) is 4.79 Å². The largest absolute Gasteiger partial charge is 0.491 e. The van der Waals surface area contributed by atoms with Crippen LogP contribution in [0.2, 0.25) is 0 Å². The van der Waals surface area contributed by atoms with Gasteiger partial charge in [-0.15, -0.1) is 0 Å². The lowest BCUT2D eigenvalue weighted by atomic mass is 10.0. The van der Waals surface area contributed by atoms with Crippen molar-refractivity contribution >= 4 is 11.6 Å². The predicted molar refractivity (Wildman–Crippen MR) is 99.4 cm³/mol. The number of ether oxygens (including phenoxy) is 2. The van der Waals surface area contributed by atoms with Crippen LogP contribution in [0.5, 0.6) is 5.75 Å². The molecule has 0 saturated carbocycles. The van der Waals surface area contributed by atoms with E-state index in [4.69, 9.17) is 9.47 Å². The molecule has 4 nitrogen and oxygen atoms in total. The van der Waals surface area contributed by atoms with Crippen LogP contribution >= 0.6 is 0 Å². The van der Waals surface area contributed by atoms with Crippen LogP contribution in [0.15, 0.2) is 48.5 Å². The van der Waals surface area contributed by atoms with E-state index in [1.807, 2.05) is 36.4 Å². The average molecular weight is 339 g/mol. The fourth-order valence-electron chi connectivity index (χ4n) is 2.98. The Morgan fingerprint density at radius 1 is 1.20 bits per heavy atom. The maximum Gasteiger partial charge on any atom is 0.255 e. The summed E-state index contributed by atoms with van der Waals surface area (Å²) in [5, 5.41) is 3.00. The molecule has 25 heavy (non-hydrogen) atoms. The second-order valence-electron chi connectivity index (χ2n) is 6.67. The molecule has 1 atom stereocenters. The van der Waals surface area contributed by atoms with Gasteiger partial charge in [-0.05, 0) is 54.7 Å². The third-order valence-electron chi connectivity index (χ3n) is 4.41. The maximum atomic E-state index is 12.5. The number of hydrogen-bond donors (Lipinski definition) is 1. The predicted octanol–water partition coefficient (Wildman–Crippen LogP) is 4.62. The van der Waals surface area contributed by atoms with E-state index in [0.717, 1.165) is 36.4 Å². The number of hydrogen-bond acceptors (Lipinski definition) is 3. The van der Waals surface area contributed by atoms with Gasteiger partial charge in [-0.1, -0.05) is 32.0 Å². The summed E-state index contributed by atoms with van der Waals surface area (Å²) in [6.45, 7) is 5.62. The zero-order valence-electron chi connectivity index (χ0n) is 14.8. The van der Waals surface area contributed by atoms with Gasteiger partial charge in [0.2, 0.25) is 0 Å². The molecule has 0 aliphatic carbocycles. The van der Waals surface area contributed by atoms with Crippen molar-refractivity contribution in [1.82, 2.24) is 0 Å². The third kappa shape index (κ3) is 4.60.